The fourth-order valence-corrected chi connectivity index (χ4v) is 4.96. The van der Waals surface area contributed by atoms with Gasteiger partial charge in [0.15, 0.2) is 0 Å². The number of hydrogen-bond acceptors (Lipinski definition) is 6. The first-order valence-corrected chi connectivity index (χ1v) is 12.8. The smallest absolute Gasteiger partial charge is 0.269 e. The molecule has 6 N–H and O–H groups in total. The van der Waals surface area contributed by atoms with Crippen LogP contribution >= 0.6 is 11.6 Å². The largest absolute Gasteiger partial charge is 0.382 e. The van der Waals surface area contributed by atoms with Gasteiger partial charge in [-0.2, -0.15) is 0 Å². The summed E-state index contributed by atoms with van der Waals surface area (Å²) in [5.74, 6) is 1.31. The van der Waals surface area contributed by atoms with Crippen molar-refractivity contribution in [1.29, 1.82) is 5.41 Å². The van der Waals surface area contributed by atoms with Crippen molar-refractivity contribution < 1.29 is 18.4 Å². The fourth-order valence-electron chi connectivity index (χ4n) is 4.72. The summed E-state index contributed by atoms with van der Waals surface area (Å²) in [5, 5.41) is 15.0. The third kappa shape index (κ3) is 8.53. The number of rotatable bonds is 11. The molecular formula is C25H35ClF2N6O2. The Balaban J connectivity index is 1.69. The fraction of sp³-hybridized carbons (Fsp3) is 0.560. The predicted octanol–water partition coefficient (Wildman–Crippen LogP) is 3.22. The van der Waals surface area contributed by atoms with Crippen molar-refractivity contribution in [1.82, 2.24) is 21.0 Å². The van der Waals surface area contributed by atoms with Crippen molar-refractivity contribution in [2.24, 2.45) is 5.84 Å². The number of likely N-dealkylation sites (tertiary alicyclic amines) is 1. The van der Waals surface area contributed by atoms with Crippen LogP contribution in [-0.4, -0.2) is 60.1 Å². The van der Waals surface area contributed by atoms with Crippen molar-refractivity contribution in [2.45, 2.75) is 69.4 Å². The van der Waals surface area contributed by atoms with Gasteiger partial charge in [0.05, 0.1) is 6.54 Å². The van der Waals surface area contributed by atoms with E-state index in [-0.39, 0.29) is 44.1 Å². The molecule has 1 saturated carbocycles. The average molecular weight is 525 g/mol. The van der Waals surface area contributed by atoms with Crippen molar-refractivity contribution in [3.8, 4) is 0 Å². The minimum atomic E-state index is -2.74. The Morgan fingerprint density at radius 1 is 1.25 bits per heavy atom. The summed E-state index contributed by atoms with van der Waals surface area (Å²) in [6, 6.07) is 6.77. The van der Waals surface area contributed by atoms with E-state index in [2.05, 4.69) is 10.6 Å². The van der Waals surface area contributed by atoms with Gasteiger partial charge in [0.1, 0.15) is 5.71 Å². The molecule has 36 heavy (non-hydrogen) atoms. The number of hydrazine groups is 1. The quantitative estimate of drug-likeness (QED) is 0.132. The first-order chi connectivity index (χ1) is 17.2. The van der Waals surface area contributed by atoms with Gasteiger partial charge in [-0.1, -0.05) is 42.6 Å². The van der Waals surface area contributed by atoms with Gasteiger partial charge < -0.3 is 10.6 Å². The lowest BCUT2D eigenvalue weighted by Gasteiger charge is -2.33. The Morgan fingerprint density at radius 3 is 2.64 bits per heavy atom. The third-order valence-electron chi connectivity index (χ3n) is 6.61. The molecule has 1 aromatic rings. The van der Waals surface area contributed by atoms with E-state index in [0.29, 0.717) is 29.2 Å². The van der Waals surface area contributed by atoms with Gasteiger partial charge in [-0.05, 0) is 44.4 Å². The number of hydrogen-bond donors (Lipinski definition) is 5. The second-order valence-corrected chi connectivity index (χ2v) is 9.95. The highest BCUT2D eigenvalue weighted by molar-refractivity contribution is 6.43. The predicted molar refractivity (Wildman–Crippen MR) is 137 cm³/mol. The van der Waals surface area contributed by atoms with Gasteiger partial charge in [-0.15, -0.1) is 0 Å². The average Bonchev–Trinajstić information content (AvgIpc) is 3.35. The zero-order valence-electron chi connectivity index (χ0n) is 20.3. The second-order valence-electron chi connectivity index (χ2n) is 9.54. The Morgan fingerprint density at radius 2 is 1.97 bits per heavy atom. The van der Waals surface area contributed by atoms with Gasteiger partial charge in [-0.3, -0.25) is 25.3 Å². The molecule has 1 saturated heterocycles. The summed E-state index contributed by atoms with van der Waals surface area (Å²) in [4.78, 5) is 26.5. The molecule has 1 aliphatic carbocycles. The number of carbonyl (C=O) groups excluding carboxylic acids is 2. The molecule has 0 aromatic heterocycles. The van der Waals surface area contributed by atoms with E-state index < -0.39 is 23.8 Å². The number of nitrogens with zero attached hydrogens (tertiary/aromatic N) is 1. The molecule has 2 fully saturated rings. The monoisotopic (exact) mass is 524 g/mol. The summed E-state index contributed by atoms with van der Waals surface area (Å²) in [5.41, 5.74) is 3.00. The highest BCUT2D eigenvalue weighted by atomic mass is 35.5. The summed E-state index contributed by atoms with van der Waals surface area (Å²) >= 11 is 6.39. The molecule has 8 nitrogen and oxygen atoms in total. The number of benzene rings is 1. The molecule has 0 bridgehead atoms. The molecule has 3 rings (SSSR count). The first-order valence-electron chi connectivity index (χ1n) is 12.4. The van der Waals surface area contributed by atoms with Crippen LogP contribution in [-0.2, 0) is 9.59 Å². The number of carbonyl (C=O) groups is 2. The van der Waals surface area contributed by atoms with Crippen LogP contribution in [0.5, 0.6) is 0 Å². The molecule has 1 unspecified atom stereocenters. The molecule has 1 aliphatic heterocycles. The van der Waals surface area contributed by atoms with E-state index >= 15 is 0 Å². The minimum Gasteiger partial charge on any atom is -0.382 e. The maximum Gasteiger partial charge on any atom is 0.269 e. The molecule has 198 valence electrons. The van der Waals surface area contributed by atoms with Gasteiger partial charge in [0.2, 0.25) is 5.91 Å². The SMILES string of the molecule is N=C(/C=C(\NC1CCCC1)c1ccccc1Cl)C(=O)NC(CCN1CCCC(F)(F)C1)CC(=O)NN. The first kappa shape index (κ1) is 28.0. The maximum atomic E-state index is 13.8. The highest BCUT2D eigenvalue weighted by Gasteiger charge is 2.35. The number of nitrogens with two attached hydrogens (primary N) is 1. The van der Waals surface area contributed by atoms with Crippen molar-refractivity contribution in [2.75, 3.05) is 19.6 Å². The van der Waals surface area contributed by atoms with Gasteiger partial charge in [0, 0.05) is 47.8 Å². The zero-order chi connectivity index (χ0) is 26.1. The Kier molecular flexibility index (Phi) is 10.2. The molecule has 2 aliphatic rings. The minimum absolute atomic E-state index is 0.124. The molecule has 0 spiro atoms. The Hall–Kier alpha value is -2.56. The van der Waals surface area contributed by atoms with E-state index in [4.69, 9.17) is 22.9 Å². The van der Waals surface area contributed by atoms with E-state index in [0.717, 1.165) is 25.7 Å². The van der Waals surface area contributed by atoms with E-state index in [1.54, 1.807) is 11.0 Å². The van der Waals surface area contributed by atoms with E-state index in [1.807, 2.05) is 23.6 Å². The van der Waals surface area contributed by atoms with Crippen molar-refractivity contribution >= 4 is 34.8 Å². The zero-order valence-corrected chi connectivity index (χ0v) is 21.1. The van der Waals surface area contributed by atoms with Gasteiger partial charge in [0.25, 0.3) is 11.8 Å². The normalized spacial score (nSPS) is 19.5. The van der Waals surface area contributed by atoms with Crippen molar-refractivity contribution in [3.05, 3.63) is 40.9 Å². The number of piperidine rings is 1. The Labute approximate surface area is 215 Å². The summed E-state index contributed by atoms with van der Waals surface area (Å²) in [7, 11) is 0. The second kappa shape index (κ2) is 13.1. The lowest BCUT2D eigenvalue weighted by atomic mass is 10.0. The van der Waals surface area contributed by atoms with Gasteiger partial charge in [-0.25, -0.2) is 14.6 Å². The van der Waals surface area contributed by atoms with Crippen LogP contribution in [0.4, 0.5) is 8.78 Å². The van der Waals surface area contributed by atoms with Crippen LogP contribution in [0.2, 0.25) is 5.02 Å². The number of alkyl halides is 2. The lowest BCUT2D eigenvalue weighted by Crippen LogP contribution is -2.47. The molecular weight excluding hydrogens is 490 g/mol. The number of nitrogens with one attached hydrogen (secondary N) is 4. The van der Waals surface area contributed by atoms with E-state index in [9.17, 15) is 18.4 Å². The summed E-state index contributed by atoms with van der Waals surface area (Å²) in [6.07, 6.45) is 6.05. The van der Waals surface area contributed by atoms with Crippen LogP contribution in [0, 0.1) is 5.41 Å². The molecule has 2 amide bonds. The highest BCUT2D eigenvalue weighted by Crippen LogP contribution is 2.27. The molecule has 11 heteroatoms. The molecule has 0 radical (unpaired) electrons. The molecule has 1 heterocycles. The standard InChI is InChI=1S/C25H35ClF2N6O2/c26-20-9-4-3-8-19(20)22(31-17-6-1-2-7-17)15-21(29)24(36)32-18(14-23(35)33-30)10-13-34-12-5-11-25(27,28)16-34/h3-4,8-9,15,17-18,29,31H,1-2,5-7,10-14,16,30H2,(H,32,36)(H,33,35)/b22-15-,29-21?. The molecule has 1 atom stereocenters. The number of amides is 2. The maximum absolute atomic E-state index is 13.8. The Bertz CT molecular complexity index is 968. The van der Waals surface area contributed by atoms with Crippen LogP contribution < -0.4 is 21.9 Å². The van der Waals surface area contributed by atoms with E-state index in [1.165, 1.54) is 6.08 Å². The third-order valence-corrected chi connectivity index (χ3v) is 6.94. The van der Waals surface area contributed by atoms with Gasteiger partial charge >= 0.3 is 0 Å². The number of halogens is 3. The topological polar surface area (TPSA) is 123 Å². The van der Waals surface area contributed by atoms with Crippen LogP contribution in [0.25, 0.3) is 5.70 Å². The van der Waals surface area contributed by atoms with Crippen molar-refractivity contribution in [3.63, 3.8) is 0 Å². The lowest BCUT2D eigenvalue weighted by molar-refractivity contribution is -0.122. The van der Waals surface area contributed by atoms with Crippen LogP contribution in [0.3, 0.4) is 0 Å². The van der Waals surface area contributed by atoms with Crippen LogP contribution in [0.1, 0.15) is 56.9 Å². The molecule has 1 aromatic carbocycles. The summed E-state index contributed by atoms with van der Waals surface area (Å²) < 4.78 is 27.5. The summed E-state index contributed by atoms with van der Waals surface area (Å²) in [6.45, 7) is 0.477. The van der Waals surface area contributed by atoms with Crippen LogP contribution in [0.15, 0.2) is 30.3 Å².